The summed E-state index contributed by atoms with van der Waals surface area (Å²) in [5.74, 6) is 0.668. The summed E-state index contributed by atoms with van der Waals surface area (Å²) in [4.78, 5) is 4.39. The average Bonchev–Trinajstić information content (AvgIpc) is 2.90. The Hall–Kier alpha value is -1.69. The molecule has 3 aromatic rings. The molecule has 3 rings (SSSR count). The van der Waals surface area contributed by atoms with Crippen molar-refractivity contribution in [2.24, 2.45) is 0 Å². The predicted molar refractivity (Wildman–Crippen MR) is 85.9 cm³/mol. The lowest BCUT2D eigenvalue weighted by Crippen LogP contribution is -2.03. The van der Waals surface area contributed by atoms with Crippen LogP contribution in [0.25, 0.3) is 11.4 Å². The molecule has 0 bridgehead atoms. The van der Waals surface area contributed by atoms with Crippen LogP contribution in [-0.2, 0) is 6.54 Å². The molecule has 0 aliphatic heterocycles. The van der Waals surface area contributed by atoms with Crippen LogP contribution >= 0.6 is 22.6 Å². The first-order valence-corrected chi connectivity index (χ1v) is 7.32. The van der Waals surface area contributed by atoms with Crippen molar-refractivity contribution in [1.82, 2.24) is 9.55 Å². The Labute approximate surface area is 130 Å². The van der Waals surface area contributed by atoms with Crippen LogP contribution in [0, 0.1) is 9.39 Å². The Kier molecular flexibility index (Phi) is 3.82. The maximum atomic E-state index is 13.7. The minimum atomic E-state index is -0.185. The summed E-state index contributed by atoms with van der Waals surface area (Å²) in [6, 6.07) is 15.0. The van der Waals surface area contributed by atoms with Gasteiger partial charge in [0.1, 0.15) is 11.6 Å². The lowest BCUT2D eigenvalue weighted by atomic mass is 10.2. The van der Waals surface area contributed by atoms with Crippen LogP contribution in [0.5, 0.6) is 0 Å². The Morgan fingerprint density at radius 2 is 1.95 bits per heavy atom. The number of halogens is 2. The molecule has 4 heteroatoms. The molecule has 0 saturated carbocycles. The van der Waals surface area contributed by atoms with Crippen LogP contribution in [0.3, 0.4) is 0 Å². The van der Waals surface area contributed by atoms with Crippen molar-refractivity contribution >= 4 is 22.6 Å². The van der Waals surface area contributed by atoms with Crippen LogP contribution in [-0.4, -0.2) is 9.55 Å². The van der Waals surface area contributed by atoms with Crippen LogP contribution in [0.15, 0.2) is 60.9 Å². The van der Waals surface area contributed by atoms with Gasteiger partial charge in [-0.25, -0.2) is 9.37 Å². The monoisotopic (exact) mass is 378 g/mol. The highest BCUT2D eigenvalue weighted by Crippen LogP contribution is 2.21. The van der Waals surface area contributed by atoms with Gasteiger partial charge in [-0.2, -0.15) is 0 Å². The summed E-state index contributed by atoms with van der Waals surface area (Å²) < 4.78 is 16.9. The van der Waals surface area contributed by atoms with E-state index in [0.717, 1.165) is 15.0 Å². The summed E-state index contributed by atoms with van der Waals surface area (Å²) in [7, 11) is 0. The summed E-state index contributed by atoms with van der Waals surface area (Å²) in [5.41, 5.74) is 1.70. The van der Waals surface area contributed by atoms with Gasteiger partial charge >= 0.3 is 0 Å². The molecule has 2 nitrogen and oxygen atoms in total. The third kappa shape index (κ3) is 2.75. The van der Waals surface area contributed by atoms with Crippen molar-refractivity contribution in [3.8, 4) is 11.4 Å². The molecule has 20 heavy (non-hydrogen) atoms. The zero-order chi connectivity index (χ0) is 13.9. The minimum Gasteiger partial charge on any atom is -0.326 e. The van der Waals surface area contributed by atoms with E-state index in [-0.39, 0.29) is 5.82 Å². The summed E-state index contributed by atoms with van der Waals surface area (Å²) in [6.07, 6.45) is 3.62. The van der Waals surface area contributed by atoms with Gasteiger partial charge in [0, 0.05) is 27.1 Å². The molecule has 0 fully saturated rings. The molecule has 0 aliphatic carbocycles. The van der Waals surface area contributed by atoms with Crippen LogP contribution in [0.1, 0.15) is 5.56 Å². The number of aromatic nitrogens is 2. The fraction of sp³-hybridized carbons (Fsp3) is 0.0625. The molecular weight excluding hydrogens is 366 g/mol. The van der Waals surface area contributed by atoms with Crippen molar-refractivity contribution in [1.29, 1.82) is 0 Å². The number of nitrogens with zero attached hydrogens (tertiary/aromatic N) is 2. The summed E-state index contributed by atoms with van der Waals surface area (Å²) >= 11 is 2.27. The maximum absolute atomic E-state index is 13.7. The van der Waals surface area contributed by atoms with Crippen molar-refractivity contribution in [2.45, 2.75) is 6.54 Å². The molecule has 0 saturated heterocycles. The Balaban J connectivity index is 1.97. The second-order valence-corrected chi connectivity index (χ2v) is 5.73. The van der Waals surface area contributed by atoms with E-state index in [1.54, 1.807) is 18.3 Å². The van der Waals surface area contributed by atoms with Gasteiger partial charge in [-0.3, -0.25) is 0 Å². The first-order valence-electron chi connectivity index (χ1n) is 6.24. The van der Waals surface area contributed by atoms with Gasteiger partial charge in [0.05, 0.1) is 6.54 Å². The molecule has 1 heterocycles. The van der Waals surface area contributed by atoms with Crippen molar-refractivity contribution in [2.75, 3.05) is 0 Å². The number of benzene rings is 2. The summed E-state index contributed by atoms with van der Waals surface area (Å²) in [5, 5.41) is 0. The maximum Gasteiger partial charge on any atom is 0.140 e. The molecular formula is C16H12FIN2. The van der Waals surface area contributed by atoms with E-state index in [1.807, 2.05) is 35.0 Å². The number of imidazole rings is 1. The lowest BCUT2D eigenvalue weighted by molar-refractivity contribution is 0.600. The van der Waals surface area contributed by atoms with Gasteiger partial charge in [-0.1, -0.05) is 30.3 Å². The fourth-order valence-electron chi connectivity index (χ4n) is 2.13. The van der Waals surface area contributed by atoms with Gasteiger partial charge in [0.25, 0.3) is 0 Å². The van der Waals surface area contributed by atoms with E-state index in [2.05, 4.69) is 33.6 Å². The smallest absolute Gasteiger partial charge is 0.140 e. The first-order chi connectivity index (χ1) is 9.74. The highest BCUT2D eigenvalue weighted by molar-refractivity contribution is 14.1. The largest absolute Gasteiger partial charge is 0.326 e. The van der Waals surface area contributed by atoms with E-state index in [4.69, 9.17) is 0 Å². The highest BCUT2D eigenvalue weighted by Gasteiger charge is 2.08. The molecule has 0 N–H and O–H groups in total. The van der Waals surface area contributed by atoms with E-state index in [9.17, 15) is 4.39 Å². The number of hydrogen-bond acceptors (Lipinski definition) is 1. The van der Waals surface area contributed by atoms with Gasteiger partial charge in [-0.15, -0.1) is 0 Å². The Morgan fingerprint density at radius 3 is 2.75 bits per heavy atom. The van der Waals surface area contributed by atoms with Gasteiger partial charge in [0.2, 0.25) is 0 Å². The molecule has 2 aromatic carbocycles. The normalized spacial score (nSPS) is 10.7. The van der Waals surface area contributed by atoms with Crippen molar-refractivity contribution in [3.05, 3.63) is 75.9 Å². The molecule has 0 spiro atoms. The SMILES string of the molecule is Fc1ccccc1Cn1ccnc1-c1cccc(I)c1. The topological polar surface area (TPSA) is 17.8 Å². The molecule has 100 valence electrons. The molecule has 0 aliphatic rings. The van der Waals surface area contributed by atoms with Gasteiger partial charge in [-0.05, 0) is 40.8 Å². The fourth-order valence-corrected chi connectivity index (χ4v) is 2.68. The second-order valence-electron chi connectivity index (χ2n) is 4.48. The van der Waals surface area contributed by atoms with E-state index < -0.39 is 0 Å². The molecule has 0 unspecified atom stereocenters. The van der Waals surface area contributed by atoms with E-state index in [1.165, 1.54) is 6.07 Å². The minimum absolute atomic E-state index is 0.185. The zero-order valence-electron chi connectivity index (χ0n) is 10.6. The molecule has 0 amide bonds. The standard InChI is InChI=1S/C16H12FIN2/c17-15-7-2-1-4-13(15)11-20-9-8-19-16(20)12-5-3-6-14(18)10-12/h1-10H,11H2. The zero-order valence-corrected chi connectivity index (χ0v) is 12.8. The molecule has 0 radical (unpaired) electrons. The van der Waals surface area contributed by atoms with E-state index >= 15 is 0 Å². The van der Waals surface area contributed by atoms with Gasteiger partial charge < -0.3 is 4.57 Å². The Bertz CT molecular complexity index is 737. The average molecular weight is 378 g/mol. The van der Waals surface area contributed by atoms with Crippen LogP contribution in [0.4, 0.5) is 4.39 Å². The Morgan fingerprint density at radius 1 is 1.10 bits per heavy atom. The highest BCUT2D eigenvalue weighted by atomic mass is 127. The van der Waals surface area contributed by atoms with E-state index in [0.29, 0.717) is 12.1 Å². The lowest BCUT2D eigenvalue weighted by Gasteiger charge is -2.09. The van der Waals surface area contributed by atoms with Crippen LogP contribution < -0.4 is 0 Å². The number of hydrogen-bond donors (Lipinski definition) is 0. The van der Waals surface area contributed by atoms with Crippen molar-refractivity contribution in [3.63, 3.8) is 0 Å². The van der Waals surface area contributed by atoms with Crippen molar-refractivity contribution < 1.29 is 4.39 Å². The quantitative estimate of drug-likeness (QED) is 0.620. The first kappa shape index (κ1) is 13.3. The molecule has 1 aromatic heterocycles. The summed E-state index contributed by atoms with van der Waals surface area (Å²) in [6.45, 7) is 0.480. The third-order valence-electron chi connectivity index (χ3n) is 3.10. The number of rotatable bonds is 3. The second kappa shape index (κ2) is 5.75. The molecule has 0 atom stereocenters. The van der Waals surface area contributed by atoms with Crippen LogP contribution in [0.2, 0.25) is 0 Å². The predicted octanol–water partition coefficient (Wildman–Crippen LogP) is 4.34. The van der Waals surface area contributed by atoms with Gasteiger partial charge in [0.15, 0.2) is 0 Å². The third-order valence-corrected chi connectivity index (χ3v) is 3.77.